The van der Waals surface area contributed by atoms with Gasteiger partial charge in [0.05, 0.1) is 0 Å². The van der Waals surface area contributed by atoms with Crippen LogP contribution in [-0.2, 0) is 17.6 Å². The van der Waals surface area contributed by atoms with E-state index in [0.717, 1.165) is 17.9 Å². The monoisotopic (exact) mass is 349 g/mol. The maximum Gasteiger partial charge on any atom is 0.261 e. The second kappa shape index (κ2) is 8.80. The van der Waals surface area contributed by atoms with E-state index in [1.54, 1.807) is 0 Å². The number of amides is 1. The van der Waals surface area contributed by atoms with Gasteiger partial charge in [-0.15, -0.1) is 0 Å². The van der Waals surface area contributed by atoms with Crippen molar-refractivity contribution in [3.05, 3.63) is 29.3 Å². The van der Waals surface area contributed by atoms with Gasteiger partial charge < -0.3 is 10.1 Å². The van der Waals surface area contributed by atoms with Gasteiger partial charge in [0.15, 0.2) is 6.10 Å². The predicted octanol–water partition coefficient (Wildman–Crippen LogP) is 4.37. The van der Waals surface area contributed by atoms with E-state index in [-0.39, 0.29) is 10.7 Å². The number of carbonyl (C=O) groups excluding carboxylic acids is 1. The second-order valence-electron chi connectivity index (χ2n) is 7.40. The number of carbonyl (C=O) groups is 1. The van der Waals surface area contributed by atoms with Crippen LogP contribution < -0.4 is 10.1 Å². The summed E-state index contributed by atoms with van der Waals surface area (Å²) in [6.45, 7) is 9.24. The number of rotatable bonds is 7. The molecule has 1 aromatic carbocycles. The van der Waals surface area contributed by atoms with E-state index in [4.69, 9.17) is 4.74 Å². The third-order valence-electron chi connectivity index (χ3n) is 4.20. The number of nitrogens with one attached hydrogen (secondary N) is 1. The van der Waals surface area contributed by atoms with Crippen LogP contribution in [0.4, 0.5) is 0 Å². The Hall–Kier alpha value is -1.16. The van der Waals surface area contributed by atoms with Crippen LogP contribution in [0.5, 0.6) is 5.75 Å². The van der Waals surface area contributed by atoms with Crippen molar-refractivity contribution in [2.24, 2.45) is 0 Å². The normalized spacial score (nSPS) is 15.5. The highest BCUT2D eigenvalue weighted by Crippen LogP contribution is 2.26. The van der Waals surface area contributed by atoms with E-state index in [2.05, 4.69) is 38.2 Å². The minimum Gasteiger partial charge on any atom is -0.481 e. The topological polar surface area (TPSA) is 38.3 Å². The molecule has 4 heteroatoms. The van der Waals surface area contributed by atoms with Crippen LogP contribution >= 0.6 is 11.8 Å². The molecule has 0 aliphatic heterocycles. The van der Waals surface area contributed by atoms with Crippen LogP contribution in [0.2, 0.25) is 0 Å². The quantitative estimate of drug-likeness (QED) is 0.743. The Morgan fingerprint density at radius 2 is 1.96 bits per heavy atom. The lowest BCUT2D eigenvalue weighted by Gasteiger charge is -2.21. The zero-order valence-electron chi connectivity index (χ0n) is 15.5. The summed E-state index contributed by atoms with van der Waals surface area (Å²) in [5.74, 6) is 1.73. The largest absolute Gasteiger partial charge is 0.481 e. The molecule has 0 aromatic heterocycles. The summed E-state index contributed by atoms with van der Waals surface area (Å²) in [6.07, 6.45) is 5.08. The Bertz CT molecular complexity index is 551. The summed E-state index contributed by atoms with van der Waals surface area (Å²) in [6, 6.07) is 6.30. The average molecular weight is 350 g/mol. The van der Waals surface area contributed by atoms with Gasteiger partial charge in [-0.05, 0) is 55.4 Å². The first-order valence-corrected chi connectivity index (χ1v) is 10.1. The molecule has 2 rings (SSSR count). The Morgan fingerprint density at radius 1 is 1.25 bits per heavy atom. The predicted molar refractivity (Wildman–Crippen MR) is 103 cm³/mol. The molecule has 0 radical (unpaired) electrons. The van der Waals surface area contributed by atoms with Gasteiger partial charge in [0.2, 0.25) is 0 Å². The first-order chi connectivity index (χ1) is 11.4. The SMILES string of the molecule is CC[C@@H](Oc1ccc2c(c1)CCCC2)C(=O)NCCSC(C)(C)C. The third kappa shape index (κ3) is 6.04. The van der Waals surface area contributed by atoms with E-state index in [0.29, 0.717) is 13.0 Å². The van der Waals surface area contributed by atoms with Crippen molar-refractivity contribution in [2.75, 3.05) is 12.3 Å². The number of hydrogen-bond donors (Lipinski definition) is 1. The van der Waals surface area contributed by atoms with Crippen LogP contribution in [0.15, 0.2) is 18.2 Å². The molecule has 0 saturated heterocycles. The number of thioether (sulfide) groups is 1. The molecule has 1 aliphatic rings. The number of hydrogen-bond acceptors (Lipinski definition) is 3. The van der Waals surface area contributed by atoms with Gasteiger partial charge in [0.25, 0.3) is 5.91 Å². The van der Waals surface area contributed by atoms with Gasteiger partial charge in [0.1, 0.15) is 5.75 Å². The summed E-state index contributed by atoms with van der Waals surface area (Å²) < 4.78 is 6.20. The minimum atomic E-state index is -0.411. The summed E-state index contributed by atoms with van der Waals surface area (Å²) in [4.78, 5) is 12.3. The van der Waals surface area contributed by atoms with Crippen LogP contribution in [0.25, 0.3) is 0 Å². The van der Waals surface area contributed by atoms with Crippen molar-refractivity contribution in [3.63, 3.8) is 0 Å². The number of ether oxygens (including phenoxy) is 1. The Balaban J connectivity index is 1.85. The van der Waals surface area contributed by atoms with Crippen molar-refractivity contribution >= 4 is 17.7 Å². The van der Waals surface area contributed by atoms with Crippen LogP contribution in [0.1, 0.15) is 58.1 Å². The Morgan fingerprint density at radius 3 is 2.62 bits per heavy atom. The minimum absolute atomic E-state index is 0.00951. The molecule has 0 saturated carbocycles. The van der Waals surface area contributed by atoms with Crippen LogP contribution in [0.3, 0.4) is 0 Å². The fraction of sp³-hybridized carbons (Fsp3) is 0.650. The fourth-order valence-electron chi connectivity index (χ4n) is 2.91. The highest BCUT2D eigenvalue weighted by Gasteiger charge is 2.19. The van der Waals surface area contributed by atoms with E-state index in [1.807, 2.05) is 24.8 Å². The zero-order valence-corrected chi connectivity index (χ0v) is 16.3. The summed E-state index contributed by atoms with van der Waals surface area (Å²) in [5, 5.41) is 3.00. The standard InChI is InChI=1S/C20H31NO2S/c1-5-18(19(22)21-12-13-24-20(2,3)4)23-17-11-10-15-8-6-7-9-16(15)14-17/h10-11,14,18H,5-9,12-13H2,1-4H3,(H,21,22)/t18-/m1/s1. The molecule has 1 N–H and O–H groups in total. The Kier molecular flexibility index (Phi) is 7.02. The van der Waals surface area contributed by atoms with Gasteiger partial charge in [0, 0.05) is 17.0 Å². The first kappa shape index (κ1) is 19.2. The van der Waals surface area contributed by atoms with Crippen molar-refractivity contribution in [1.29, 1.82) is 0 Å². The lowest BCUT2D eigenvalue weighted by Crippen LogP contribution is -2.39. The molecule has 0 heterocycles. The van der Waals surface area contributed by atoms with E-state index < -0.39 is 6.10 Å². The van der Waals surface area contributed by atoms with E-state index in [1.165, 1.54) is 30.4 Å². The van der Waals surface area contributed by atoms with Crippen molar-refractivity contribution in [2.45, 2.75) is 70.7 Å². The lowest BCUT2D eigenvalue weighted by molar-refractivity contribution is -0.127. The van der Waals surface area contributed by atoms with Gasteiger partial charge in [-0.25, -0.2) is 0 Å². The first-order valence-electron chi connectivity index (χ1n) is 9.09. The zero-order chi connectivity index (χ0) is 17.6. The van der Waals surface area contributed by atoms with Gasteiger partial charge in [-0.2, -0.15) is 11.8 Å². The molecule has 0 bridgehead atoms. The van der Waals surface area contributed by atoms with E-state index >= 15 is 0 Å². The third-order valence-corrected chi connectivity index (χ3v) is 5.47. The summed E-state index contributed by atoms with van der Waals surface area (Å²) in [5.41, 5.74) is 2.82. The van der Waals surface area contributed by atoms with Crippen LogP contribution in [0, 0.1) is 0 Å². The molecule has 1 aliphatic carbocycles. The smallest absolute Gasteiger partial charge is 0.261 e. The highest BCUT2D eigenvalue weighted by atomic mass is 32.2. The molecule has 0 unspecified atom stereocenters. The Labute approximate surface area is 150 Å². The molecule has 0 spiro atoms. The summed E-state index contributed by atoms with van der Waals surface area (Å²) in [7, 11) is 0. The van der Waals surface area contributed by atoms with Crippen molar-refractivity contribution < 1.29 is 9.53 Å². The lowest BCUT2D eigenvalue weighted by atomic mass is 9.92. The molecule has 1 amide bonds. The fourth-order valence-corrected chi connectivity index (χ4v) is 3.73. The highest BCUT2D eigenvalue weighted by molar-refractivity contribution is 8.00. The van der Waals surface area contributed by atoms with Gasteiger partial charge >= 0.3 is 0 Å². The molecule has 1 aromatic rings. The molecule has 0 fully saturated rings. The molecule has 3 nitrogen and oxygen atoms in total. The van der Waals surface area contributed by atoms with Crippen molar-refractivity contribution in [3.8, 4) is 5.75 Å². The molecule has 24 heavy (non-hydrogen) atoms. The number of fused-ring (bicyclic) bond motifs is 1. The molecular formula is C20H31NO2S. The van der Waals surface area contributed by atoms with Crippen molar-refractivity contribution in [1.82, 2.24) is 5.32 Å². The molecular weight excluding hydrogens is 318 g/mol. The number of aryl methyl sites for hydroxylation is 2. The average Bonchev–Trinajstić information content (AvgIpc) is 2.55. The molecule has 1 atom stereocenters. The van der Waals surface area contributed by atoms with E-state index in [9.17, 15) is 4.79 Å². The molecule has 134 valence electrons. The van der Waals surface area contributed by atoms with Gasteiger partial charge in [-0.1, -0.05) is 33.8 Å². The van der Waals surface area contributed by atoms with Gasteiger partial charge in [-0.3, -0.25) is 4.79 Å². The number of benzene rings is 1. The summed E-state index contributed by atoms with van der Waals surface area (Å²) >= 11 is 1.86. The second-order valence-corrected chi connectivity index (χ2v) is 9.33. The maximum atomic E-state index is 12.3. The maximum absolute atomic E-state index is 12.3. The van der Waals surface area contributed by atoms with Crippen LogP contribution in [-0.4, -0.2) is 29.1 Å².